The first-order chi connectivity index (χ1) is 8.99. The van der Waals surface area contributed by atoms with Crippen molar-refractivity contribution in [2.75, 3.05) is 6.61 Å². The first-order valence-electron chi connectivity index (χ1n) is 6.30. The van der Waals surface area contributed by atoms with E-state index in [0.29, 0.717) is 12.0 Å². The molecule has 106 valence electrons. The van der Waals surface area contributed by atoms with Gasteiger partial charge in [-0.2, -0.15) is 0 Å². The van der Waals surface area contributed by atoms with Gasteiger partial charge in [-0.15, -0.1) is 0 Å². The molecule has 0 bridgehead atoms. The average Bonchev–Trinajstić information content (AvgIpc) is 2.37. The van der Waals surface area contributed by atoms with Crippen molar-refractivity contribution in [1.82, 2.24) is 0 Å². The van der Waals surface area contributed by atoms with E-state index in [1.807, 2.05) is 0 Å². The molecular formula is C14H19FO4. The van der Waals surface area contributed by atoms with E-state index in [1.165, 1.54) is 12.1 Å². The number of rotatable bonds is 6. The van der Waals surface area contributed by atoms with Crippen LogP contribution in [0.2, 0.25) is 0 Å². The number of aliphatic hydroxyl groups excluding tert-OH is 1. The Morgan fingerprint density at radius 3 is 2.58 bits per heavy atom. The average molecular weight is 270 g/mol. The zero-order valence-corrected chi connectivity index (χ0v) is 11.4. The number of benzene rings is 1. The molecule has 19 heavy (non-hydrogen) atoms. The van der Waals surface area contributed by atoms with Crippen LogP contribution in [-0.4, -0.2) is 23.8 Å². The lowest BCUT2D eigenvalue weighted by Crippen LogP contribution is -2.29. The van der Waals surface area contributed by atoms with Crippen LogP contribution in [0.15, 0.2) is 18.2 Å². The van der Waals surface area contributed by atoms with Crippen molar-refractivity contribution in [3.8, 4) is 5.75 Å². The van der Waals surface area contributed by atoms with Gasteiger partial charge in [0.25, 0.3) is 0 Å². The van der Waals surface area contributed by atoms with Gasteiger partial charge in [-0.25, -0.2) is 9.18 Å². The Morgan fingerprint density at radius 2 is 2.11 bits per heavy atom. The molecule has 0 amide bonds. The van der Waals surface area contributed by atoms with Gasteiger partial charge in [0.2, 0.25) is 0 Å². The van der Waals surface area contributed by atoms with Crippen LogP contribution >= 0.6 is 0 Å². The van der Waals surface area contributed by atoms with E-state index in [-0.39, 0.29) is 12.4 Å². The molecule has 5 heteroatoms. The van der Waals surface area contributed by atoms with Crippen LogP contribution in [0.3, 0.4) is 0 Å². The molecule has 1 aromatic carbocycles. The summed E-state index contributed by atoms with van der Waals surface area (Å²) in [7, 11) is 0. The Hall–Kier alpha value is -1.62. The number of halogens is 1. The Kier molecular flexibility index (Phi) is 5.76. The monoisotopic (exact) mass is 270 g/mol. The lowest BCUT2D eigenvalue weighted by Gasteiger charge is -2.17. The second kappa shape index (κ2) is 7.09. The molecule has 1 rings (SSSR count). The third-order valence-corrected chi connectivity index (χ3v) is 2.63. The third-order valence-electron chi connectivity index (χ3n) is 2.63. The summed E-state index contributed by atoms with van der Waals surface area (Å²) in [6.45, 7) is 5.25. The van der Waals surface area contributed by atoms with Crippen molar-refractivity contribution < 1.29 is 23.8 Å². The number of esters is 1. The largest absolute Gasteiger partial charge is 0.476 e. The summed E-state index contributed by atoms with van der Waals surface area (Å²) in [5.74, 6) is -1.14. The molecule has 0 saturated carbocycles. The van der Waals surface area contributed by atoms with Crippen LogP contribution in [0.1, 0.15) is 38.9 Å². The SMILES string of the molecule is CCOC(=O)C(CC)Oc1ccc([C@H](C)O)cc1F. The highest BCUT2D eigenvalue weighted by molar-refractivity contribution is 5.75. The van der Waals surface area contributed by atoms with Gasteiger partial charge in [0.15, 0.2) is 17.7 Å². The minimum Gasteiger partial charge on any atom is -0.476 e. The summed E-state index contributed by atoms with van der Waals surface area (Å²) >= 11 is 0. The minimum absolute atomic E-state index is 0.0238. The number of carbonyl (C=O) groups excluding carboxylic acids is 1. The topological polar surface area (TPSA) is 55.8 Å². The van der Waals surface area contributed by atoms with Gasteiger partial charge in [-0.3, -0.25) is 0 Å². The van der Waals surface area contributed by atoms with Gasteiger partial charge in [-0.1, -0.05) is 13.0 Å². The van der Waals surface area contributed by atoms with Gasteiger partial charge >= 0.3 is 5.97 Å². The minimum atomic E-state index is -0.827. The summed E-state index contributed by atoms with van der Waals surface area (Å²) in [5, 5.41) is 9.34. The maximum atomic E-state index is 13.8. The number of hydrogen-bond donors (Lipinski definition) is 1. The number of ether oxygens (including phenoxy) is 2. The Balaban J connectivity index is 2.83. The summed E-state index contributed by atoms with van der Waals surface area (Å²) < 4.78 is 23.9. The smallest absolute Gasteiger partial charge is 0.347 e. The molecule has 0 aliphatic rings. The normalized spacial score (nSPS) is 13.7. The molecule has 0 aliphatic heterocycles. The predicted molar refractivity (Wildman–Crippen MR) is 68.4 cm³/mol. The van der Waals surface area contributed by atoms with Crippen LogP contribution in [0.4, 0.5) is 4.39 Å². The predicted octanol–water partition coefficient (Wildman–Crippen LogP) is 2.60. The molecule has 0 aliphatic carbocycles. The van der Waals surface area contributed by atoms with Gasteiger partial charge in [0, 0.05) is 0 Å². The molecule has 0 heterocycles. The summed E-state index contributed by atoms with van der Waals surface area (Å²) in [6.07, 6.45) is -1.20. The fraction of sp³-hybridized carbons (Fsp3) is 0.500. The number of hydrogen-bond acceptors (Lipinski definition) is 4. The van der Waals surface area contributed by atoms with Crippen molar-refractivity contribution >= 4 is 5.97 Å². The molecule has 0 spiro atoms. The molecule has 0 radical (unpaired) electrons. The fourth-order valence-corrected chi connectivity index (χ4v) is 1.56. The fourth-order valence-electron chi connectivity index (χ4n) is 1.56. The quantitative estimate of drug-likeness (QED) is 0.807. The summed E-state index contributed by atoms with van der Waals surface area (Å²) in [4.78, 5) is 11.6. The third kappa shape index (κ3) is 4.21. The molecule has 1 unspecified atom stereocenters. The Bertz CT molecular complexity index is 431. The maximum Gasteiger partial charge on any atom is 0.347 e. The Labute approximate surface area is 112 Å². The van der Waals surface area contributed by atoms with Crippen molar-refractivity contribution in [2.45, 2.75) is 39.4 Å². The molecular weight excluding hydrogens is 251 g/mol. The van der Waals surface area contributed by atoms with Crippen molar-refractivity contribution in [1.29, 1.82) is 0 Å². The van der Waals surface area contributed by atoms with Crippen molar-refractivity contribution in [3.05, 3.63) is 29.6 Å². The van der Waals surface area contributed by atoms with Gasteiger partial charge in [-0.05, 0) is 38.0 Å². The van der Waals surface area contributed by atoms with E-state index in [1.54, 1.807) is 26.8 Å². The number of aliphatic hydroxyl groups is 1. The molecule has 4 nitrogen and oxygen atoms in total. The summed E-state index contributed by atoms with van der Waals surface area (Å²) in [5.41, 5.74) is 0.453. The molecule has 0 aromatic heterocycles. The van der Waals surface area contributed by atoms with Gasteiger partial charge in [0.05, 0.1) is 12.7 Å². The Morgan fingerprint density at radius 1 is 1.42 bits per heavy atom. The molecule has 0 fully saturated rings. The van der Waals surface area contributed by atoms with Crippen molar-refractivity contribution in [3.63, 3.8) is 0 Å². The second-order valence-electron chi connectivity index (χ2n) is 4.13. The van der Waals surface area contributed by atoms with E-state index in [9.17, 15) is 14.3 Å². The van der Waals surface area contributed by atoms with Crippen LogP contribution < -0.4 is 4.74 Å². The lowest BCUT2D eigenvalue weighted by molar-refractivity contribution is -0.151. The first-order valence-corrected chi connectivity index (χ1v) is 6.30. The van der Waals surface area contributed by atoms with E-state index in [2.05, 4.69) is 0 Å². The molecule has 2 atom stereocenters. The lowest BCUT2D eigenvalue weighted by atomic mass is 10.1. The summed E-state index contributed by atoms with van der Waals surface area (Å²) in [6, 6.07) is 4.15. The highest BCUT2D eigenvalue weighted by atomic mass is 19.1. The maximum absolute atomic E-state index is 13.8. The van der Waals surface area contributed by atoms with E-state index >= 15 is 0 Å². The van der Waals surface area contributed by atoms with E-state index < -0.39 is 24.0 Å². The molecule has 0 saturated heterocycles. The van der Waals surface area contributed by atoms with Crippen LogP contribution in [0.25, 0.3) is 0 Å². The van der Waals surface area contributed by atoms with E-state index in [4.69, 9.17) is 9.47 Å². The van der Waals surface area contributed by atoms with Crippen LogP contribution in [0.5, 0.6) is 5.75 Å². The molecule has 1 aromatic rings. The highest BCUT2D eigenvalue weighted by Gasteiger charge is 2.21. The van der Waals surface area contributed by atoms with E-state index in [0.717, 1.165) is 0 Å². The van der Waals surface area contributed by atoms with Gasteiger partial charge in [0.1, 0.15) is 0 Å². The zero-order chi connectivity index (χ0) is 14.4. The molecule has 1 N–H and O–H groups in total. The van der Waals surface area contributed by atoms with Crippen LogP contribution in [0, 0.1) is 5.82 Å². The highest BCUT2D eigenvalue weighted by Crippen LogP contribution is 2.23. The number of carbonyl (C=O) groups is 1. The van der Waals surface area contributed by atoms with Gasteiger partial charge < -0.3 is 14.6 Å². The first kappa shape index (κ1) is 15.4. The van der Waals surface area contributed by atoms with Crippen molar-refractivity contribution in [2.24, 2.45) is 0 Å². The zero-order valence-electron chi connectivity index (χ0n) is 11.4. The standard InChI is InChI=1S/C14H19FO4/c1-4-12(14(17)18-5-2)19-13-7-6-10(9(3)16)8-11(13)15/h6-9,12,16H,4-5H2,1-3H3/t9-,12?/m0/s1. The second-order valence-corrected chi connectivity index (χ2v) is 4.13. The van der Waals surface area contributed by atoms with Crippen LogP contribution in [-0.2, 0) is 9.53 Å².